The van der Waals surface area contributed by atoms with Crippen molar-refractivity contribution in [2.24, 2.45) is 11.8 Å². The number of carbonyl (C=O) groups excluding carboxylic acids is 2. The Morgan fingerprint density at radius 2 is 1.74 bits per heavy atom. The van der Waals surface area contributed by atoms with Crippen LogP contribution < -0.4 is 4.90 Å². The number of aliphatic hydroxyl groups excluding tert-OH is 1. The van der Waals surface area contributed by atoms with Crippen LogP contribution in [-0.4, -0.2) is 41.5 Å². The fourth-order valence-corrected chi connectivity index (χ4v) is 5.46. The highest BCUT2D eigenvalue weighted by molar-refractivity contribution is 6.00. The van der Waals surface area contributed by atoms with Gasteiger partial charge in [0, 0.05) is 31.7 Å². The van der Waals surface area contributed by atoms with Crippen molar-refractivity contribution in [3.8, 4) is 0 Å². The fraction of sp³-hybridized carbons (Fsp3) is 0.462. The van der Waals surface area contributed by atoms with Gasteiger partial charge in [-0.3, -0.25) is 9.59 Å². The second kappa shape index (κ2) is 8.46. The summed E-state index contributed by atoms with van der Waals surface area (Å²) in [5.41, 5.74) is 4.62. The van der Waals surface area contributed by atoms with E-state index in [2.05, 4.69) is 12.1 Å². The van der Waals surface area contributed by atoms with Crippen LogP contribution >= 0.6 is 0 Å². The average molecular weight is 419 g/mol. The topological polar surface area (TPSA) is 60.9 Å². The highest BCUT2D eigenvalue weighted by Gasteiger charge is 2.39. The second-order valence-corrected chi connectivity index (χ2v) is 9.23. The lowest BCUT2D eigenvalue weighted by Crippen LogP contribution is -2.43. The number of hydrogen-bond acceptors (Lipinski definition) is 3. The number of likely N-dealkylation sites (tertiary alicyclic amines) is 1. The van der Waals surface area contributed by atoms with Crippen molar-refractivity contribution in [3.05, 3.63) is 65.2 Å². The molecule has 2 aliphatic heterocycles. The van der Waals surface area contributed by atoms with Crippen LogP contribution in [0.15, 0.2) is 48.5 Å². The molecule has 5 heteroatoms. The number of aliphatic hydroxyl groups is 1. The van der Waals surface area contributed by atoms with Gasteiger partial charge in [-0.1, -0.05) is 36.4 Å². The van der Waals surface area contributed by atoms with Crippen LogP contribution in [0, 0.1) is 11.8 Å². The number of aryl methyl sites for hydroxylation is 2. The summed E-state index contributed by atoms with van der Waals surface area (Å²) in [5, 5.41) is 10.7. The first-order valence-corrected chi connectivity index (χ1v) is 11.5. The summed E-state index contributed by atoms with van der Waals surface area (Å²) in [6.07, 6.45) is 4.78. The molecule has 2 unspecified atom stereocenters. The summed E-state index contributed by atoms with van der Waals surface area (Å²) in [7, 11) is 0. The van der Waals surface area contributed by atoms with E-state index < -0.39 is 6.10 Å². The summed E-state index contributed by atoms with van der Waals surface area (Å²) in [4.78, 5) is 29.5. The van der Waals surface area contributed by atoms with Crippen LogP contribution in [0.1, 0.15) is 48.5 Å². The summed E-state index contributed by atoms with van der Waals surface area (Å²) >= 11 is 0. The molecule has 5 nitrogen and oxygen atoms in total. The van der Waals surface area contributed by atoms with E-state index >= 15 is 0 Å². The van der Waals surface area contributed by atoms with Gasteiger partial charge < -0.3 is 14.9 Å². The van der Waals surface area contributed by atoms with Crippen LogP contribution in [0.5, 0.6) is 0 Å². The number of amides is 2. The van der Waals surface area contributed by atoms with Crippen LogP contribution in [0.2, 0.25) is 0 Å². The zero-order valence-corrected chi connectivity index (χ0v) is 17.9. The van der Waals surface area contributed by atoms with Crippen molar-refractivity contribution in [2.45, 2.75) is 44.6 Å². The Balaban J connectivity index is 1.19. The zero-order chi connectivity index (χ0) is 21.4. The zero-order valence-electron chi connectivity index (χ0n) is 17.9. The highest BCUT2D eigenvalue weighted by Crippen LogP contribution is 2.34. The quantitative estimate of drug-likeness (QED) is 0.827. The van der Waals surface area contributed by atoms with E-state index in [0.717, 1.165) is 36.9 Å². The smallest absolute Gasteiger partial charge is 0.228 e. The van der Waals surface area contributed by atoms with Crippen molar-refractivity contribution < 1.29 is 14.7 Å². The molecule has 0 radical (unpaired) electrons. The molecule has 5 rings (SSSR count). The van der Waals surface area contributed by atoms with Gasteiger partial charge in [0.05, 0.1) is 12.0 Å². The monoisotopic (exact) mass is 418 g/mol. The van der Waals surface area contributed by atoms with Gasteiger partial charge in [-0.15, -0.1) is 0 Å². The standard InChI is InChI=1S/C26H30N2O3/c29-24-16-22(17-28(24)23-10-9-18-7-4-8-21(18)15-23)26(31)27-13-11-20(12-14-27)25(30)19-5-2-1-3-6-19/h1-3,5-6,9-10,15,20,22,25,30H,4,7-8,11-14,16-17H2. The molecule has 2 saturated heterocycles. The van der Waals surface area contributed by atoms with E-state index in [0.29, 0.717) is 26.1 Å². The summed E-state index contributed by atoms with van der Waals surface area (Å²) in [6, 6.07) is 16.1. The number of nitrogens with zero attached hydrogens (tertiary/aromatic N) is 2. The third-order valence-corrected chi connectivity index (χ3v) is 7.31. The van der Waals surface area contributed by atoms with E-state index in [4.69, 9.17) is 0 Å². The molecule has 2 heterocycles. The molecule has 2 aromatic rings. The van der Waals surface area contributed by atoms with Gasteiger partial charge in [0.25, 0.3) is 0 Å². The molecule has 31 heavy (non-hydrogen) atoms. The first kappa shape index (κ1) is 20.3. The SMILES string of the molecule is O=C(C1CC(=O)N(c2ccc3c(c2)CCC3)C1)N1CCC(C(O)c2ccccc2)CC1. The largest absolute Gasteiger partial charge is 0.388 e. The van der Waals surface area contributed by atoms with Gasteiger partial charge in [-0.05, 0) is 66.8 Å². The lowest BCUT2D eigenvalue weighted by Gasteiger charge is -2.35. The van der Waals surface area contributed by atoms with Crippen molar-refractivity contribution in [1.82, 2.24) is 4.90 Å². The minimum absolute atomic E-state index is 0.0469. The molecule has 2 fully saturated rings. The Morgan fingerprint density at radius 3 is 2.52 bits per heavy atom. The molecule has 0 bridgehead atoms. The van der Waals surface area contributed by atoms with Crippen LogP contribution in [0.25, 0.3) is 0 Å². The van der Waals surface area contributed by atoms with Gasteiger partial charge in [0.15, 0.2) is 0 Å². The predicted molar refractivity (Wildman–Crippen MR) is 120 cm³/mol. The minimum atomic E-state index is -0.484. The Kier molecular flexibility index (Phi) is 5.53. The molecule has 0 saturated carbocycles. The minimum Gasteiger partial charge on any atom is -0.388 e. The lowest BCUT2D eigenvalue weighted by molar-refractivity contribution is -0.137. The third kappa shape index (κ3) is 3.99. The second-order valence-electron chi connectivity index (χ2n) is 9.23. The maximum atomic E-state index is 13.1. The first-order valence-electron chi connectivity index (χ1n) is 11.5. The Hall–Kier alpha value is -2.66. The van der Waals surface area contributed by atoms with E-state index in [1.165, 1.54) is 17.5 Å². The Bertz CT molecular complexity index is 966. The van der Waals surface area contributed by atoms with Crippen LogP contribution in [0.4, 0.5) is 5.69 Å². The van der Waals surface area contributed by atoms with Gasteiger partial charge in [0.1, 0.15) is 0 Å². The van der Waals surface area contributed by atoms with Crippen molar-refractivity contribution in [1.29, 1.82) is 0 Å². The fourth-order valence-electron chi connectivity index (χ4n) is 5.46. The van der Waals surface area contributed by atoms with E-state index in [-0.39, 0.29) is 23.7 Å². The highest BCUT2D eigenvalue weighted by atomic mass is 16.3. The average Bonchev–Trinajstić information content (AvgIpc) is 3.44. The Labute approximate surface area is 183 Å². The number of benzene rings is 2. The molecule has 0 spiro atoms. The predicted octanol–water partition coefficient (Wildman–Crippen LogP) is 3.50. The van der Waals surface area contributed by atoms with Gasteiger partial charge in [-0.2, -0.15) is 0 Å². The van der Waals surface area contributed by atoms with Crippen LogP contribution in [0.3, 0.4) is 0 Å². The lowest BCUT2D eigenvalue weighted by atomic mass is 9.87. The maximum Gasteiger partial charge on any atom is 0.228 e. The summed E-state index contributed by atoms with van der Waals surface area (Å²) in [5.74, 6) is 0.0336. The molecule has 3 aliphatic rings. The van der Waals surface area contributed by atoms with E-state index in [9.17, 15) is 14.7 Å². The molecule has 2 aromatic carbocycles. The molecular formula is C26H30N2O3. The first-order chi connectivity index (χ1) is 15.1. The molecule has 162 valence electrons. The van der Waals surface area contributed by atoms with Gasteiger partial charge in [0.2, 0.25) is 11.8 Å². The van der Waals surface area contributed by atoms with Crippen molar-refractivity contribution in [2.75, 3.05) is 24.5 Å². The number of carbonyl (C=O) groups is 2. The molecule has 0 aromatic heterocycles. The maximum absolute atomic E-state index is 13.1. The van der Waals surface area contributed by atoms with E-state index in [1.54, 1.807) is 4.90 Å². The van der Waals surface area contributed by atoms with Crippen molar-refractivity contribution >= 4 is 17.5 Å². The van der Waals surface area contributed by atoms with E-state index in [1.807, 2.05) is 41.3 Å². The molecular weight excluding hydrogens is 388 g/mol. The molecule has 2 amide bonds. The number of piperidine rings is 1. The number of rotatable bonds is 4. The number of hydrogen-bond donors (Lipinski definition) is 1. The van der Waals surface area contributed by atoms with Crippen LogP contribution in [-0.2, 0) is 22.4 Å². The number of fused-ring (bicyclic) bond motifs is 1. The number of anilines is 1. The normalized spacial score (nSPS) is 22.6. The van der Waals surface area contributed by atoms with Gasteiger partial charge >= 0.3 is 0 Å². The Morgan fingerprint density at radius 1 is 1.00 bits per heavy atom. The molecule has 1 N–H and O–H groups in total. The summed E-state index contributed by atoms with van der Waals surface area (Å²) < 4.78 is 0. The van der Waals surface area contributed by atoms with Gasteiger partial charge in [-0.25, -0.2) is 0 Å². The summed E-state index contributed by atoms with van der Waals surface area (Å²) in [6.45, 7) is 1.77. The molecule has 2 atom stereocenters. The molecule has 1 aliphatic carbocycles. The van der Waals surface area contributed by atoms with Crippen molar-refractivity contribution in [3.63, 3.8) is 0 Å². The third-order valence-electron chi connectivity index (χ3n) is 7.31.